The van der Waals surface area contributed by atoms with Gasteiger partial charge in [-0.05, 0) is 47.2 Å². The molecule has 21 heterocycles. The van der Waals surface area contributed by atoms with E-state index in [2.05, 4.69) is 97.7 Å². The molecule has 76 heteroatoms. The Morgan fingerprint density at radius 1 is 0.453 bits per heavy atom. The van der Waals surface area contributed by atoms with Crippen LogP contribution in [0, 0.1) is 0 Å². The van der Waals surface area contributed by atoms with Crippen LogP contribution >= 0.6 is 65.5 Å². The SMILES string of the molecule is Nc1nc2c(ncn2[C@@H]2O[C@@H]3COP(O)(=S)O[C@@H]4[C@@H](COP(=O)(S)O[C@@H]2[C@@H]3F)O[C@@H](n2nnc3c2N=CCC3=O)C4(F)F)c(=O)[nH]1.Nc1nc2c(ncn2[C@@H]2O[C@@H]3COP(O)(=S)O[C@@H]4[C@@H](COP(O)(=S)O[C@@H]2[C@@H]3F)O[C@@H](n2nnc3c2N=CCC3=O)C4(F)F)c(=O)[nH]1.Nc1nc2c(ncn2[C@@H]2S[C@@H]3COP(=O)(O)O[C@H]4[C@H](F)[C@H](n5cnc6c5N=CCC6=O)O[C@@H]4COP(O)(=S)O[C@@H]2[C@@H]3O)c(=O)[nH]1. The number of imidazole rings is 4. The van der Waals surface area contributed by atoms with Crippen LogP contribution in [0.25, 0.3) is 33.5 Å². The minimum atomic E-state index is -5.04. The number of carbonyl (C=O) groups excluding carboxylic acids is 3. The van der Waals surface area contributed by atoms with Crippen molar-refractivity contribution in [2.75, 3.05) is 56.8 Å². The lowest BCUT2D eigenvalue weighted by atomic mass is 10.1. The third-order valence-corrected chi connectivity index (χ3v) is 32.3. The molecule has 9 aromatic heterocycles. The van der Waals surface area contributed by atoms with Gasteiger partial charge in [0.1, 0.15) is 60.3 Å². The fourth-order valence-corrected chi connectivity index (χ4v) is 25.6. The lowest BCUT2D eigenvalue weighted by molar-refractivity contribution is -0.141. The first kappa shape index (κ1) is 98.1. The molecule has 6 unspecified atom stereocenters. The third-order valence-electron chi connectivity index (χ3n) is 22.0. The Labute approximate surface area is 782 Å². The Hall–Kier alpha value is -7.69. The quantitative estimate of drug-likeness (QED) is 0.0639. The van der Waals surface area contributed by atoms with Crippen molar-refractivity contribution in [2.45, 2.75) is 165 Å². The van der Waals surface area contributed by atoms with Gasteiger partial charge < -0.3 is 88.6 Å². The van der Waals surface area contributed by atoms with E-state index >= 15 is 30.7 Å². The molecule has 21 rings (SSSR count). The smallest absolute Gasteiger partial charge is 0.389 e. The fraction of sp³-hybridized carbons (Fsp3) is 0.541. The summed E-state index contributed by atoms with van der Waals surface area (Å²) < 4.78 is 236. The molecule has 28 atom stereocenters. The molecular weight excluding hydrogens is 2100 g/mol. The van der Waals surface area contributed by atoms with E-state index in [1.54, 1.807) is 0 Å². The molecule has 0 aliphatic carbocycles. The Kier molecular flexibility index (Phi) is 26.2. The van der Waals surface area contributed by atoms with Gasteiger partial charge in [0.25, 0.3) is 16.7 Å². The largest absolute Gasteiger partial charge is 0.472 e. The number of nitrogens with zero attached hydrogens (tertiary/aromatic N) is 20. The van der Waals surface area contributed by atoms with Crippen LogP contribution in [0.4, 0.5) is 66.0 Å². The zero-order valence-electron chi connectivity index (χ0n) is 67.5. The number of aliphatic hydroxyl groups excluding tert-OH is 1. The van der Waals surface area contributed by atoms with Gasteiger partial charge in [0, 0.05) is 37.9 Å². The van der Waals surface area contributed by atoms with Crippen molar-refractivity contribution < 1.29 is 162 Å². The van der Waals surface area contributed by atoms with Gasteiger partial charge in [0.2, 0.25) is 30.3 Å². The number of aromatic amines is 3. The van der Waals surface area contributed by atoms with Gasteiger partial charge in [-0.3, -0.25) is 98.2 Å². The molecule has 0 radical (unpaired) electrons. The molecule has 0 spiro atoms. The van der Waals surface area contributed by atoms with E-state index in [0.29, 0.717) is 9.36 Å². The molecular formula is C61H63F7N26O31P6S6. The van der Waals surface area contributed by atoms with Crippen LogP contribution in [-0.4, -0.2) is 312 Å². The van der Waals surface area contributed by atoms with Crippen molar-refractivity contribution in [2.24, 2.45) is 15.0 Å². The van der Waals surface area contributed by atoms with Crippen molar-refractivity contribution >= 4 is 218 Å². The van der Waals surface area contributed by atoms with Crippen LogP contribution in [0.3, 0.4) is 0 Å². The molecule has 12 aliphatic rings. The van der Waals surface area contributed by atoms with Gasteiger partial charge in [0.15, 0.2) is 135 Å². The summed E-state index contributed by atoms with van der Waals surface area (Å²) in [6.45, 7) is -27.7. The number of nitrogens with one attached hydrogen (secondary N) is 3. The topological polar surface area (TPSA) is 749 Å². The molecule has 9 fully saturated rings. The highest BCUT2D eigenvalue weighted by atomic mass is 32.7. The van der Waals surface area contributed by atoms with E-state index in [4.69, 9.17) is 142 Å². The van der Waals surface area contributed by atoms with Gasteiger partial charge in [-0.2, -0.15) is 41.9 Å². The number of thiol groups is 1. The minimum Gasteiger partial charge on any atom is -0.389 e. The third kappa shape index (κ3) is 18.8. The van der Waals surface area contributed by atoms with Crippen LogP contribution in [0.2, 0.25) is 0 Å². The average Bonchev–Trinajstić information content (AvgIpc) is 1.57. The Morgan fingerprint density at radius 3 is 1.33 bits per heavy atom. The predicted octanol–water partition coefficient (Wildman–Crippen LogP) is 1.66. The molecule has 9 saturated heterocycles. The number of anilines is 3. The zero-order chi connectivity index (χ0) is 97.4. The molecule has 0 aromatic carbocycles. The molecule has 57 nitrogen and oxygen atoms in total. The maximum atomic E-state index is 16.0. The minimum absolute atomic E-state index is 0.00252. The lowest BCUT2D eigenvalue weighted by Crippen LogP contribution is -2.41. The second-order valence-corrected chi connectivity index (χ2v) is 47.6. The number of phosphoric ester groups is 1. The van der Waals surface area contributed by atoms with Crippen molar-refractivity contribution in [3.63, 3.8) is 0 Å². The number of aliphatic hydroxyl groups is 1. The van der Waals surface area contributed by atoms with Crippen LogP contribution in [0.1, 0.15) is 87.2 Å². The number of ether oxygens (including phenoxy) is 5. The standard InChI is InChI=1S/C21H23FN8O11P2S2.2C20H20F3N9O10P2S2/c22-10-14-8(39-19(10)29-5-25-11-7(31)1-2-24-16(11)29)3-38-43(36,44)41-15-13(32)9(4-37-42(34,35)40-14)45-20(15)30-6-26-12-17(30)27-21(23)28-18(12)33;2*21-9-7-3-37-44(36,46)42-13-8(40-18(20(13,22)23)32-14-10(29-30-32)6(33)1-2-25-14)4-38-43(35,45)41-12(9)17(39-7)31-5-26-11-15(31)27-19(24)28-16(11)34/h2,5-6,8-10,13-15,19-20,32H,1,3-4H2,(H,34,35)(H,36,44)(H3,23,27,28,33);2*2,5,7-9,12-13,17-18H,1,3-4H2,(H,35,45)(H,36,46)(H3,24,27,28,34)/t8-,9-,10+,13-,14-,15-,19-,20-,43?;2*7-,8-,9-,12-,13-,17-,18-,43?,44?/m111/s1. The summed E-state index contributed by atoms with van der Waals surface area (Å²) in [5.41, 5.74) is 13.7. The summed E-state index contributed by atoms with van der Waals surface area (Å²) in [7, 11) is -5.04. The van der Waals surface area contributed by atoms with Gasteiger partial charge in [-0.15, -0.1) is 22.0 Å². The maximum Gasteiger partial charge on any atom is 0.472 e. The lowest BCUT2D eigenvalue weighted by Gasteiger charge is -2.28. The van der Waals surface area contributed by atoms with Crippen molar-refractivity contribution in [3.8, 4) is 0 Å². The second kappa shape index (κ2) is 36.6. The molecule has 6 bridgehead atoms. The zero-order valence-corrected chi connectivity index (χ0v) is 77.8. The first-order valence-corrected chi connectivity index (χ1v) is 54.7. The summed E-state index contributed by atoms with van der Waals surface area (Å²) in [6.07, 6.45) is -29.2. The number of carbonyl (C=O) groups is 3. The number of hydrogen-bond donors (Lipinski definition) is 13. The number of nitrogen functional groups attached to an aromatic ring is 3. The number of thioether (sulfide) groups is 1. The Morgan fingerprint density at radius 2 is 0.847 bits per heavy atom. The van der Waals surface area contributed by atoms with E-state index in [1.165, 1.54) is 29.5 Å². The van der Waals surface area contributed by atoms with Crippen LogP contribution in [-0.2, 0) is 134 Å². The average molecular weight is 2170 g/mol. The van der Waals surface area contributed by atoms with E-state index in [-0.39, 0.29) is 111 Å². The maximum absolute atomic E-state index is 16.0. The molecule has 12 aliphatic heterocycles. The molecule has 15 N–H and O–H groups in total. The van der Waals surface area contributed by atoms with Gasteiger partial charge in [-0.1, -0.05) is 22.7 Å². The number of phosphoric acid groups is 1. The highest BCUT2D eigenvalue weighted by molar-refractivity contribution is 8.44. The fourth-order valence-electron chi connectivity index (χ4n) is 15.9. The summed E-state index contributed by atoms with van der Waals surface area (Å²) in [5.74, 6) is -11.0. The first-order chi connectivity index (χ1) is 64.6. The van der Waals surface area contributed by atoms with Gasteiger partial charge >= 0.3 is 53.3 Å². The van der Waals surface area contributed by atoms with Crippen LogP contribution in [0.15, 0.2) is 54.7 Å². The normalized spacial score (nSPS) is 38.1. The van der Waals surface area contributed by atoms with Crippen molar-refractivity contribution in [3.05, 3.63) is 73.5 Å². The highest BCUT2D eigenvalue weighted by Gasteiger charge is 2.67. The van der Waals surface area contributed by atoms with E-state index in [9.17, 15) is 67.5 Å². The van der Waals surface area contributed by atoms with Gasteiger partial charge in [0.05, 0.1) is 76.3 Å². The van der Waals surface area contributed by atoms with Gasteiger partial charge in [-0.25, -0.2) is 57.2 Å². The molecule has 0 saturated carbocycles. The van der Waals surface area contributed by atoms with Crippen molar-refractivity contribution in [1.82, 2.24) is 98.1 Å². The summed E-state index contributed by atoms with van der Waals surface area (Å²) in [6, 6.07) is 0. The number of aliphatic imine (C=N–C) groups is 3. The van der Waals surface area contributed by atoms with E-state index < -0.39 is 255 Å². The summed E-state index contributed by atoms with van der Waals surface area (Å²) >= 11 is 25.1. The first-order valence-electron chi connectivity index (χ1n) is 39.2. The molecule has 738 valence electrons. The van der Waals surface area contributed by atoms with E-state index in [0.717, 1.165) is 44.4 Å². The molecule has 9 aromatic rings. The number of halogens is 7. The summed E-state index contributed by atoms with van der Waals surface area (Å²) in [4.78, 5) is 175. The number of nitrogens with two attached hydrogens (primary N) is 3. The summed E-state index contributed by atoms with van der Waals surface area (Å²) in [5, 5.41) is 23.6. The number of Topliss-reactive ketones (excluding diaryl/α,β-unsaturated/α-hetero) is 3. The van der Waals surface area contributed by atoms with E-state index in [1.807, 2.05) is 0 Å². The number of H-pyrrole nitrogens is 3. The predicted molar refractivity (Wildman–Crippen MR) is 459 cm³/mol. The number of aromatic nitrogens is 20. The molecule has 137 heavy (non-hydrogen) atoms. The Balaban J connectivity index is 0.000000132. The monoisotopic (exact) mass is 2170 g/mol. The number of alkyl halides is 7. The number of ketones is 3. The Bertz CT molecular complexity index is 6740. The number of rotatable bonds is 6. The highest BCUT2D eigenvalue weighted by Crippen LogP contribution is 2.64. The number of hydrogen-bond acceptors (Lipinski definition) is 48. The molecule has 0 amide bonds. The number of fused-ring (bicyclic) bond motifs is 15. The van der Waals surface area contributed by atoms with Crippen molar-refractivity contribution in [1.29, 1.82) is 0 Å². The van der Waals surface area contributed by atoms with Crippen LogP contribution in [0.5, 0.6) is 0 Å². The second-order valence-electron chi connectivity index (χ2n) is 30.8. The van der Waals surface area contributed by atoms with Crippen LogP contribution < -0.4 is 33.9 Å².